The normalized spacial score (nSPS) is 13.1. The third-order valence-corrected chi connectivity index (χ3v) is 5.56. The lowest BCUT2D eigenvalue weighted by atomic mass is 9.99. The highest BCUT2D eigenvalue weighted by atomic mass is 32.1. The molecule has 0 spiro atoms. The van der Waals surface area contributed by atoms with Crippen LogP contribution in [-0.4, -0.2) is 25.0 Å². The third-order valence-electron chi connectivity index (χ3n) is 4.34. The first kappa shape index (κ1) is 17.7. The largest absolute Gasteiger partial charge is 0.451 e. The first-order valence-electron chi connectivity index (χ1n) is 8.82. The van der Waals surface area contributed by atoms with Gasteiger partial charge in [-0.25, -0.2) is 4.79 Å². The fraction of sp³-hybridized carbons (Fsp3) is 0.400. The maximum Gasteiger partial charge on any atom is 0.348 e. The first-order chi connectivity index (χ1) is 12.2. The molecular weight excluding hydrogens is 334 g/mol. The lowest BCUT2D eigenvalue weighted by Crippen LogP contribution is -2.29. The Kier molecular flexibility index (Phi) is 6.23. The minimum atomic E-state index is -0.390. The zero-order valence-corrected chi connectivity index (χ0v) is 15.1. The zero-order chi connectivity index (χ0) is 17.5. The van der Waals surface area contributed by atoms with Crippen LogP contribution in [0.1, 0.15) is 44.9 Å². The highest BCUT2D eigenvalue weighted by Crippen LogP contribution is 2.29. The molecule has 1 aliphatic carbocycles. The molecule has 3 rings (SSSR count). The van der Waals surface area contributed by atoms with Gasteiger partial charge < -0.3 is 10.1 Å². The van der Waals surface area contributed by atoms with Gasteiger partial charge in [0.15, 0.2) is 6.61 Å². The summed E-state index contributed by atoms with van der Waals surface area (Å²) in [6.07, 6.45) is 6.25. The zero-order valence-electron chi connectivity index (χ0n) is 14.3. The van der Waals surface area contributed by atoms with Crippen molar-refractivity contribution in [2.24, 2.45) is 0 Å². The van der Waals surface area contributed by atoms with Crippen LogP contribution in [0.5, 0.6) is 0 Å². The molecule has 0 saturated heterocycles. The molecule has 2 aromatic rings. The number of ether oxygens (including phenoxy) is 1. The van der Waals surface area contributed by atoms with Gasteiger partial charge in [-0.1, -0.05) is 30.3 Å². The number of hydrogen-bond acceptors (Lipinski definition) is 4. The molecule has 1 aromatic carbocycles. The maximum atomic E-state index is 12.1. The average Bonchev–Trinajstić information content (AvgIpc) is 3.08. The van der Waals surface area contributed by atoms with Crippen LogP contribution in [0.15, 0.2) is 36.4 Å². The SMILES string of the molecule is O=C(COC(=O)c1cc2c(s1)CCCC2)NCCCc1ccccc1. The van der Waals surface area contributed by atoms with E-state index in [4.69, 9.17) is 4.74 Å². The summed E-state index contributed by atoms with van der Waals surface area (Å²) in [5, 5.41) is 2.80. The van der Waals surface area contributed by atoms with Crippen molar-refractivity contribution in [3.63, 3.8) is 0 Å². The molecular formula is C20H23NO3S. The number of carbonyl (C=O) groups is 2. The number of benzene rings is 1. The second-order valence-corrected chi connectivity index (χ2v) is 7.42. The molecule has 4 nitrogen and oxygen atoms in total. The van der Waals surface area contributed by atoms with E-state index in [1.54, 1.807) is 0 Å². The second kappa shape index (κ2) is 8.81. The van der Waals surface area contributed by atoms with Gasteiger partial charge in [0.25, 0.3) is 5.91 Å². The second-order valence-electron chi connectivity index (χ2n) is 6.28. The molecule has 1 amide bonds. The maximum absolute atomic E-state index is 12.1. The summed E-state index contributed by atoms with van der Waals surface area (Å²) < 4.78 is 5.14. The Balaban J connectivity index is 1.35. The molecule has 0 aliphatic heterocycles. The molecule has 0 unspecified atom stereocenters. The molecule has 0 saturated carbocycles. The summed E-state index contributed by atoms with van der Waals surface area (Å²) in [4.78, 5) is 25.8. The fourth-order valence-corrected chi connectivity index (χ4v) is 4.16. The van der Waals surface area contributed by atoms with Crippen molar-refractivity contribution < 1.29 is 14.3 Å². The Morgan fingerprint density at radius 3 is 2.72 bits per heavy atom. The van der Waals surface area contributed by atoms with Gasteiger partial charge in [0, 0.05) is 11.4 Å². The van der Waals surface area contributed by atoms with E-state index in [-0.39, 0.29) is 18.5 Å². The van der Waals surface area contributed by atoms with Gasteiger partial charge in [-0.15, -0.1) is 11.3 Å². The molecule has 0 fully saturated rings. The predicted molar refractivity (Wildman–Crippen MR) is 99.0 cm³/mol. The van der Waals surface area contributed by atoms with Crippen LogP contribution in [0.4, 0.5) is 0 Å². The van der Waals surface area contributed by atoms with Crippen LogP contribution in [0, 0.1) is 0 Å². The monoisotopic (exact) mass is 357 g/mol. The lowest BCUT2D eigenvalue weighted by Gasteiger charge is -2.08. The molecule has 1 aliphatic rings. The number of hydrogen-bond donors (Lipinski definition) is 1. The van der Waals surface area contributed by atoms with Crippen LogP contribution < -0.4 is 5.32 Å². The van der Waals surface area contributed by atoms with E-state index >= 15 is 0 Å². The van der Waals surface area contributed by atoms with Gasteiger partial charge in [-0.05, 0) is 55.7 Å². The summed E-state index contributed by atoms with van der Waals surface area (Å²) in [6, 6.07) is 12.1. The molecule has 5 heteroatoms. The number of carbonyl (C=O) groups excluding carboxylic acids is 2. The van der Waals surface area contributed by atoms with E-state index in [0.29, 0.717) is 11.4 Å². The number of thiophene rings is 1. The number of rotatable bonds is 7. The van der Waals surface area contributed by atoms with Crippen LogP contribution in [0.2, 0.25) is 0 Å². The Labute approximate surface area is 152 Å². The summed E-state index contributed by atoms with van der Waals surface area (Å²) in [7, 11) is 0. The van der Waals surface area contributed by atoms with Crippen molar-refractivity contribution in [1.82, 2.24) is 5.32 Å². The van der Waals surface area contributed by atoms with Gasteiger partial charge in [-0.2, -0.15) is 0 Å². The minimum absolute atomic E-state index is 0.216. The Bertz CT molecular complexity index is 700. The van der Waals surface area contributed by atoms with E-state index in [1.165, 1.54) is 40.2 Å². The standard InChI is InChI=1S/C20H23NO3S/c22-19(21-12-6-9-15-7-2-1-3-8-15)14-24-20(23)18-13-16-10-4-5-11-17(16)25-18/h1-3,7-8,13H,4-6,9-12,14H2,(H,21,22). The van der Waals surface area contributed by atoms with Gasteiger partial charge in [0.05, 0.1) is 0 Å². The number of fused-ring (bicyclic) bond motifs is 1. The topological polar surface area (TPSA) is 55.4 Å². The molecule has 0 atom stereocenters. The summed E-state index contributed by atoms with van der Waals surface area (Å²) in [5.74, 6) is -0.637. The number of aryl methyl sites for hydroxylation is 3. The van der Waals surface area contributed by atoms with Crippen LogP contribution >= 0.6 is 11.3 Å². The van der Waals surface area contributed by atoms with Crippen LogP contribution in [0.25, 0.3) is 0 Å². The number of amides is 1. The minimum Gasteiger partial charge on any atom is -0.451 e. The summed E-state index contributed by atoms with van der Waals surface area (Å²) in [5.41, 5.74) is 2.53. The molecule has 1 aromatic heterocycles. The van der Waals surface area contributed by atoms with Crippen LogP contribution in [0.3, 0.4) is 0 Å². The van der Waals surface area contributed by atoms with Crippen molar-refractivity contribution in [1.29, 1.82) is 0 Å². The highest BCUT2D eigenvalue weighted by molar-refractivity contribution is 7.14. The third kappa shape index (κ3) is 5.16. The summed E-state index contributed by atoms with van der Waals surface area (Å²) in [6.45, 7) is 0.366. The van der Waals surface area contributed by atoms with Crippen molar-refractivity contribution in [3.8, 4) is 0 Å². The van der Waals surface area contributed by atoms with Crippen molar-refractivity contribution in [3.05, 3.63) is 57.3 Å². The molecule has 132 valence electrons. The fourth-order valence-electron chi connectivity index (χ4n) is 3.01. The van der Waals surface area contributed by atoms with Gasteiger partial charge in [0.2, 0.25) is 0 Å². The van der Waals surface area contributed by atoms with Crippen molar-refractivity contribution in [2.75, 3.05) is 13.2 Å². The van der Waals surface area contributed by atoms with E-state index in [1.807, 2.05) is 24.3 Å². The Morgan fingerprint density at radius 2 is 1.92 bits per heavy atom. The predicted octanol–water partition coefficient (Wildman–Crippen LogP) is 3.53. The molecule has 0 bridgehead atoms. The smallest absolute Gasteiger partial charge is 0.348 e. The first-order valence-corrected chi connectivity index (χ1v) is 9.63. The van der Waals surface area contributed by atoms with E-state index in [2.05, 4.69) is 17.4 Å². The highest BCUT2D eigenvalue weighted by Gasteiger charge is 2.18. The molecule has 1 heterocycles. The van der Waals surface area contributed by atoms with E-state index in [9.17, 15) is 9.59 Å². The van der Waals surface area contributed by atoms with E-state index in [0.717, 1.165) is 25.7 Å². The van der Waals surface area contributed by atoms with Crippen LogP contribution in [-0.2, 0) is 28.8 Å². The Hall–Kier alpha value is -2.14. The number of esters is 1. The quantitative estimate of drug-likeness (QED) is 0.609. The van der Waals surface area contributed by atoms with Gasteiger partial charge >= 0.3 is 5.97 Å². The van der Waals surface area contributed by atoms with Gasteiger partial charge in [0.1, 0.15) is 4.88 Å². The van der Waals surface area contributed by atoms with Crippen molar-refractivity contribution >= 4 is 23.2 Å². The number of nitrogens with one attached hydrogen (secondary N) is 1. The van der Waals surface area contributed by atoms with Crippen molar-refractivity contribution in [2.45, 2.75) is 38.5 Å². The molecule has 25 heavy (non-hydrogen) atoms. The van der Waals surface area contributed by atoms with E-state index < -0.39 is 0 Å². The Morgan fingerprint density at radius 1 is 1.12 bits per heavy atom. The molecule has 1 N–H and O–H groups in total. The lowest BCUT2D eigenvalue weighted by molar-refractivity contribution is -0.124. The molecule has 0 radical (unpaired) electrons. The van der Waals surface area contributed by atoms with Gasteiger partial charge in [-0.3, -0.25) is 4.79 Å². The summed E-state index contributed by atoms with van der Waals surface area (Å²) >= 11 is 1.51. The average molecular weight is 357 g/mol.